The molecule has 0 bridgehead atoms. The predicted molar refractivity (Wildman–Crippen MR) is 117 cm³/mol. The minimum atomic E-state index is -3.97. The molecular formula is C20H24N2O6S2. The van der Waals surface area contributed by atoms with Crippen molar-refractivity contribution in [1.82, 2.24) is 5.32 Å². The number of nitrogens with one attached hydrogen (secondary N) is 2. The topological polar surface area (TPSA) is 111 Å². The van der Waals surface area contributed by atoms with Crippen LogP contribution >= 0.6 is 11.8 Å². The summed E-state index contributed by atoms with van der Waals surface area (Å²) >= 11 is 1.53. The maximum absolute atomic E-state index is 12.8. The third kappa shape index (κ3) is 6.14. The Hall–Kier alpha value is -2.72. The maximum Gasteiger partial charge on any atom is 0.328 e. The summed E-state index contributed by atoms with van der Waals surface area (Å²) < 4.78 is 37.9. The maximum atomic E-state index is 12.8. The quantitative estimate of drug-likeness (QED) is 0.533. The molecule has 0 heterocycles. The van der Waals surface area contributed by atoms with Crippen LogP contribution in [-0.2, 0) is 19.6 Å². The second-order valence-electron chi connectivity index (χ2n) is 6.16. The second-order valence-corrected chi connectivity index (χ2v) is 8.83. The van der Waals surface area contributed by atoms with Gasteiger partial charge in [0.2, 0.25) is 0 Å². The number of sulfonamides is 1. The Balaban J connectivity index is 2.23. The van der Waals surface area contributed by atoms with Crippen molar-refractivity contribution in [2.24, 2.45) is 0 Å². The average Bonchev–Trinajstić information content (AvgIpc) is 2.76. The van der Waals surface area contributed by atoms with Gasteiger partial charge in [-0.1, -0.05) is 18.2 Å². The molecule has 1 amide bonds. The molecule has 1 atom stereocenters. The second kappa shape index (κ2) is 10.9. The summed E-state index contributed by atoms with van der Waals surface area (Å²) in [6.45, 7) is 0. The monoisotopic (exact) mass is 452 g/mol. The van der Waals surface area contributed by atoms with Crippen LogP contribution in [0.4, 0.5) is 5.69 Å². The molecule has 2 aromatic rings. The van der Waals surface area contributed by atoms with Crippen LogP contribution < -0.4 is 14.8 Å². The van der Waals surface area contributed by atoms with Gasteiger partial charge < -0.3 is 14.8 Å². The summed E-state index contributed by atoms with van der Waals surface area (Å²) in [6, 6.07) is 11.3. The lowest BCUT2D eigenvalue weighted by molar-refractivity contribution is -0.142. The highest BCUT2D eigenvalue weighted by atomic mass is 32.2. The zero-order valence-electron chi connectivity index (χ0n) is 16.9. The molecule has 2 N–H and O–H groups in total. The first-order valence-electron chi connectivity index (χ1n) is 8.96. The molecule has 0 spiro atoms. The Morgan fingerprint density at radius 3 is 2.50 bits per heavy atom. The first-order chi connectivity index (χ1) is 14.3. The van der Waals surface area contributed by atoms with E-state index in [4.69, 9.17) is 9.47 Å². The molecule has 30 heavy (non-hydrogen) atoms. The van der Waals surface area contributed by atoms with Crippen molar-refractivity contribution in [2.75, 3.05) is 31.0 Å². The molecule has 10 heteroatoms. The summed E-state index contributed by atoms with van der Waals surface area (Å²) in [5.74, 6) is -0.110. The molecule has 0 aliphatic carbocycles. The van der Waals surface area contributed by atoms with Crippen LogP contribution in [0.25, 0.3) is 0 Å². The van der Waals surface area contributed by atoms with Gasteiger partial charge in [0.1, 0.15) is 11.8 Å². The number of hydrogen-bond donors (Lipinski definition) is 2. The Morgan fingerprint density at radius 2 is 1.83 bits per heavy atom. The van der Waals surface area contributed by atoms with Crippen LogP contribution in [0.2, 0.25) is 0 Å². The molecule has 0 saturated carbocycles. The number of amides is 1. The summed E-state index contributed by atoms with van der Waals surface area (Å²) in [4.78, 5) is 24.4. The highest BCUT2D eigenvalue weighted by molar-refractivity contribution is 7.98. The highest BCUT2D eigenvalue weighted by Gasteiger charge is 2.23. The van der Waals surface area contributed by atoms with Crippen LogP contribution in [0, 0.1) is 0 Å². The minimum absolute atomic E-state index is 0.0974. The van der Waals surface area contributed by atoms with E-state index in [2.05, 4.69) is 10.0 Å². The SMILES string of the molecule is COC(=O)[C@@H](CCSC)NC(=O)c1cccc(S(=O)(=O)Nc2ccccc2OC)c1. The number of anilines is 1. The first-order valence-corrected chi connectivity index (χ1v) is 11.8. The molecule has 0 unspecified atom stereocenters. The molecule has 2 aromatic carbocycles. The first kappa shape index (κ1) is 23.6. The van der Waals surface area contributed by atoms with E-state index in [1.165, 1.54) is 50.2 Å². The van der Waals surface area contributed by atoms with Gasteiger partial charge in [-0.3, -0.25) is 9.52 Å². The fourth-order valence-corrected chi connectivity index (χ4v) is 4.19. The molecule has 0 aliphatic rings. The van der Waals surface area contributed by atoms with Gasteiger partial charge in [0, 0.05) is 5.56 Å². The van der Waals surface area contributed by atoms with Crippen LogP contribution in [0.1, 0.15) is 16.8 Å². The smallest absolute Gasteiger partial charge is 0.328 e. The summed E-state index contributed by atoms with van der Waals surface area (Å²) in [5.41, 5.74) is 0.383. The molecule has 8 nitrogen and oxygen atoms in total. The number of rotatable bonds is 10. The zero-order chi connectivity index (χ0) is 22.1. The standard InChI is InChI=1S/C20H24N2O6S2/c1-27-18-10-5-4-9-16(18)22-30(25,26)15-8-6-7-14(13-15)19(23)21-17(11-12-29-3)20(24)28-2/h4-10,13,17,22H,11-12H2,1-3H3,(H,21,23)/t17-/m1/s1. The van der Waals surface area contributed by atoms with E-state index in [1.807, 2.05) is 6.26 Å². The number of ether oxygens (including phenoxy) is 2. The van der Waals surface area contributed by atoms with Crippen molar-refractivity contribution in [2.45, 2.75) is 17.4 Å². The van der Waals surface area contributed by atoms with Gasteiger partial charge in [-0.25, -0.2) is 13.2 Å². The largest absolute Gasteiger partial charge is 0.495 e. The van der Waals surface area contributed by atoms with Crippen LogP contribution in [0.15, 0.2) is 53.4 Å². The van der Waals surface area contributed by atoms with E-state index in [-0.39, 0.29) is 16.1 Å². The molecule has 0 aliphatic heterocycles. The highest BCUT2D eigenvalue weighted by Crippen LogP contribution is 2.26. The Kier molecular flexibility index (Phi) is 8.55. The van der Waals surface area contributed by atoms with Crippen molar-refractivity contribution in [3.8, 4) is 5.75 Å². The van der Waals surface area contributed by atoms with E-state index < -0.39 is 27.9 Å². The lowest BCUT2D eigenvalue weighted by Crippen LogP contribution is -2.42. The molecule has 0 radical (unpaired) electrons. The lowest BCUT2D eigenvalue weighted by atomic mass is 10.1. The van der Waals surface area contributed by atoms with Gasteiger partial charge in [-0.05, 0) is 48.8 Å². The molecular weight excluding hydrogens is 428 g/mol. The predicted octanol–water partition coefficient (Wildman–Crippen LogP) is 2.52. The number of benzene rings is 2. The van der Waals surface area contributed by atoms with E-state index in [9.17, 15) is 18.0 Å². The Morgan fingerprint density at radius 1 is 1.10 bits per heavy atom. The van der Waals surface area contributed by atoms with Gasteiger partial charge in [-0.2, -0.15) is 11.8 Å². The number of esters is 1. The molecule has 0 fully saturated rings. The number of hydrogen-bond acceptors (Lipinski definition) is 7. The van der Waals surface area contributed by atoms with Gasteiger partial charge in [0.05, 0.1) is 24.8 Å². The van der Waals surface area contributed by atoms with Crippen LogP contribution in [-0.4, -0.2) is 52.6 Å². The summed E-state index contributed by atoms with van der Waals surface area (Å²) in [7, 11) is -1.29. The van der Waals surface area contributed by atoms with Crippen LogP contribution in [0.3, 0.4) is 0 Å². The van der Waals surface area contributed by atoms with Crippen molar-refractivity contribution >= 4 is 39.3 Å². The third-order valence-electron chi connectivity index (χ3n) is 4.16. The number of carbonyl (C=O) groups is 2. The van der Waals surface area contributed by atoms with Gasteiger partial charge >= 0.3 is 5.97 Å². The molecule has 162 valence electrons. The molecule has 0 aromatic heterocycles. The Bertz CT molecular complexity index is 994. The summed E-state index contributed by atoms with van der Waals surface area (Å²) in [5, 5.41) is 2.60. The minimum Gasteiger partial charge on any atom is -0.495 e. The van der Waals surface area contributed by atoms with Gasteiger partial charge in [0.15, 0.2) is 0 Å². The third-order valence-corrected chi connectivity index (χ3v) is 6.17. The molecule has 0 saturated heterocycles. The number of carbonyl (C=O) groups excluding carboxylic acids is 2. The van der Waals surface area contributed by atoms with Crippen molar-refractivity contribution in [1.29, 1.82) is 0 Å². The van der Waals surface area contributed by atoms with Crippen molar-refractivity contribution < 1.29 is 27.5 Å². The summed E-state index contributed by atoms with van der Waals surface area (Å²) in [6.07, 6.45) is 2.28. The number of para-hydroxylation sites is 2. The normalized spacial score (nSPS) is 12.0. The van der Waals surface area contributed by atoms with E-state index in [0.29, 0.717) is 17.9 Å². The van der Waals surface area contributed by atoms with Gasteiger partial charge in [0.25, 0.3) is 15.9 Å². The van der Waals surface area contributed by atoms with Crippen LogP contribution in [0.5, 0.6) is 5.75 Å². The zero-order valence-corrected chi connectivity index (χ0v) is 18.5. The number of thioether (sulfide) groups is 1. The Labute approximate surface area is 180 Å². The lowest BCUT2D eigenvalue weighted by Gasteiger charge is -2.16. The van der Waals surface area contributed by atoms with Crippen molar-refractivity contribution in [3.63, 3.8) is 0 Å². The fraction of sp³-hybridized carbons (Fsp3) is 0.300. The fourth-order valence-electron chi connectivity index (χ4n) is 2.61. The average molecular weight is 453 g/mol. The van der Waals surface area contributed by atoms with Crippen molar-refractivity contribution in [3.05, 3.63) is 54.1 Å². The number of methoxy groups -OCH3 is 2. The van der Waals surface area contributed by atoms with E-state index in [1.54, 1.807) is 24.3 Å². The van der Waals surface area contributed by atoms with E-state index in [0.717, 1.165) is 0 Å². The molecule has 2 rings (SSSR count). The van der Waals surface area contributed by atoms with Gasteiger partial charge in [-0.15, -0.1) is 0 Å². The van der Waals surface area contributed by atoms with E-state index >= 15 is 0 Å².